The SMILES string of the molecule is CN(CCCNS(=O)(=O)c1cnn(C)c1)Cc1ccccc1. The molecule has 22 heavy (non-hydrogen) atoms. The average molecular weight is 322 g/mol. The molecule has 1 heterocycles. The zero-order chi connectivity index (χ0) is 16.0. The molecule has 0 saturated heterocycles. The van der Waals surface area contributed by atoms with Gasteiger partial charge in [-0.1, -0.05) is 30.3 Å². The number of nitrogens with one attached hydrogen (secondary N) is 1. The van der Waals surface area contributed by atoms with Crippen molar-refractivity contribution in [1.29, 1.82) is 0 Å². The van der Waals surface area contributed by atoms with Crippen molar-refractivity contribution >= 4 is 10.0 Å². The molecule has 6 nitrogen and oxygen atoms in total. The van der Waals surface area contributed by atoms with Crippen LogP contribution in [-0.2, 0) is 23.6 Å². The molecule has 0 atom stereocenters. The Labute approximate surface area is 131 Å². The second-order valence-corrected chi connectivity index (χ2v) is 7.09. The molecule has 1 N–H and O–H groups in total. The highest BCUT2D eigenvalue weighted by Gasteiger charge is 2.15. The molecule has 0 aliphatic carbocycles. The summed E-state index contributed by atoms with van der Waals surface area (Å²) < 4.78 is 28.1. The van der Waals surface area contributed by atoms with Crippen molar-refractivity contribution in [2.24, 2.45) is 7.05 Å². The lowest BCUT2D eigenvalue weighted by molar-refractivity contribution is 0.322. The number of aromatic nitrogens is 2. The molecule has 0 fully saturated rings. The predicted octanol–water partition coefficient (Wildman–Crippen LogP) is 1.22. The third-order valence-corrected chi connectivity index (χ3v) is 4.71. The fraction of sp³-hybridized carbons (Fsp3) is 0.400. The van der Waals surface area contributed by atoms with Crippen molar-refractivity contribution < 1.29 is 8.42 Å². The normalized spacial score (nSPS) is 12.0. The van der Waals surface area contributed by atoms with E-state index in [1.165, 1.54) is 22.6 Å². The third kappa shape index (κ3) is 4.94. The molecule has 0 bridgehead atoms. The molecule has 120 valence electrons. The molecule has 0 saturated carbocycles. The van der Waals surface area contributed by atoms with Crippen LogP contribution in [0.4, 0.5) is 0 Å². The van der Waals surface area contributed by atoms with Crippen molar-refractivity contribution in [1.82, 2.24) is 19.4 Å². The molecular weight excluding hydrogens is 300 g/mol. The molecule has 0 spiro atoms. The lowest BCUT2D eigenvalue weighted by Gasteiger charge is -2.16. The highest BCUT2D eigenvalue weighted by Crippen LogP contribution is 2.06. The van der Waals surface area contributed by atoms with Gasteiger partial charge >= 0.3 is 0 Å². The van der Waals surface area contributed by atoms with E-state index < -0.39 is 10.0 Å². The molecule has 7 heteroatoms. The van der Waals surface area contributed by atoms with Gasteiger partial charge in [-0.15, -0.1) is 0 Å². The van der Waals surface area contributed by atoms with Crippen LogP contribution in [-0.4, -0.2) is 43.2 Å². The van der Waals surface area contributed by atoms with Crippen LogP contribution in [0, 0.1) is 0 Å². The summed E-state index contributed by atoms with van der Waals surface area (Å²) in [5, 5.41) is 3.88. The Hall–Kier alpha value is -1.70. The lowest BCUT2D eigenvalue weighted by Crippen LogP contribution is -2.28. The van der Waals surface area contributed by atoms with Gasteiger partial charge in [-0.05, 0) is 25.6 Å². The minimum absolute atomic E-state index is 0.202. The Kier molecular flexibility index (Phi) is 5.70. The van der Waals surface area contributed by atoms with E-state index in [1.807, 2.05) is 25.2 Å². The van der Waals surface area contributed by atoms with Gasteiger partial charge in [-0.3, -0.25) is 4.68 Å². The second-order valence-electron chi connectivity index (χ2n) is 5.32. The van der Waals surface area contributed by atoms with Crippen molar-refractivity contribution in [2.75, 3.05) is 20.1 Å². The zero-order valence-corrected chi connectivity index (χ0v) is 13.8. The first-order valence-corrected chi connectivity index (χ1v) is 8.66. The molecular formula is C15H22N4O2S. The first-order chi connectivity index (χ1) is 10.5. The van der Waals surface area contributed by atoms with Crippen molar-refractivity contribution in [3.8, 4) is 0 Å². The predicted molar refractivity (Wildman–Crippen MR) is 85.8 cm³/mol. The van der Waals surface area contributed by atoms with Gasteiger partial charge in [0.25, 0.3) is 0 Å². The smallest absolute Gasteiger partial charge is 0.243 e. The van der Waals surface area contributed by atoms with E-state index in [0.29, 0.717) is 6.54 Å². The Morgan fingerprint density at radius 2 is 2.00 bits per heavy atom. The van der Waals surface area contributed by atoms with Crippen LogP contribution < -0.4 is 4.72 Å². The minimum atomic E-state index is -3.45. The van der Waals surface area contributed by atoms with Crippen LogP contribution >= 0.6 is 0 Å². The van der Waals surface area contributed by atoms with Gasteiger partial charge in [-0.25, -0.2) is 13.1 Å². The fourth-order valence-electron chi connectivity index (χ4n) is 2.15. The largest absolute Gasteiger partial charge is 0.302 e. The summed E-state index contributed by atoms with van der Waals surface area (Å²) in [7, 11) is 0.274. The maximum Gasteiger partial charge on any atom is 0.243 e. The van der Waals surface area contributed by atoms with E-state index in [2.05, 4.69) is 26.9 Å². The molecule has 0 radical (unpaired) electrons. The van der Waals surface area contributed by atoms with E-state index in [1.54, 1.807) is 7.05 Å². The van der Waals surface area contributed by atoms with Gasteiger partial charge in [-0.2, -0.15) is 5.10 Å². The molecule has 1 aromatic heterocycles. The summed E-state index contributed by atoms with van der Waals surface area (Å²) in [6.45, 7) is 2.09. The molecule has 2 rings (SSSR count). The fourth-order valence-corrected chi connectivity index (χ4v) is 3.21. The number of hydrogen-bond acceptors (Lipinski definition) is 4. The second kappa shape index (κ2) is 7.53. The number of nitrogens with zero attached hydrogens (tertiary/aromatic N) is 3. The number of aryl methyl sites for hydroxylation is 1. The van der Waals surface area contributed by atoms with Gasteiger partial charge in [0.2, 0.25) is 10.0 Å². The van der Waals surface area contributed by atoms with E-state index in [9.17, 15) is 8.42 Å². The lowest BCUT2D eigenvalue weighted by atomic mass is 10.2. The molecule has 2 aromatic rings. The number of benzene rings is 1. The first-order valence-electron chi connectivity index (χ1n) is 7.18. The Morgan fingerprint density at radius 1 is 1.27 bits per heavy atom. The third-order valence-electron chi connectivity index (χ3n) is 3.30. The monoisotopic (exact) mass is 322 g/mol. The average Bonchev–Trinajstić information content (AvgIpc) is 2.92. The topological polar surface area (TPSA) is 67.2 Å². The minimum Gasteiger partial charge on any atom is -0.302 e. The summed E-state index contributed by atoms with van der Waals surface area (Å²) >= 11 is 0. The van der Waals surface area contributed by atoms with Crippen LogP contribution in [0.15, 0.2) is 47.6 Å². The molecule has 0 aliphatic rings. The molecule has 1 aromatic carbocycles. The molecule has 0 unspecified atom stereocenters. The summed E-state index contributed by atoms with van der Waals surface area (Å²) in [6.07, 6.45) is 3.59. The van der Waals surface area contributed by atoms with Crippen LogP contribution in [0.3, 0.4) is 0 Å². The Balaban J connectivity index is 1.73. The quantitative estimate of drug-likeness (QED) is 0.742. The van der Waals surface area contributed by atoms with Crippen molar-refractivity contribution in [3.05, 3.63) is 48.3 Å². The first kappa shape index (κ1) is 16.7. The Morgan fingerprint density at radius 3 is 2.64 bits per heavy atom. The van der Waals surface area contributed by atoms with Gasteiger partial charge in [0.15, 0.2) is 0 Å². The van der Waals surface area contributed by atoms with E-state index in [4.69, 9.17) is 0 Å². The molecule has 0 aliphatic heterocycles. The zero-order valence-electron chi connectivity index (χ0n) is 12.9. The van der Waals surface area contributed by atoms with Crippen LogP contribution in [0.5, 0.6) is 0 Å². The van der Waals surface area contributed by atoms with Crippen molar-refractivity contribution in [2.45, 2.75) is 17.9 Å². The number of sulfonamides is 1. The maximum absolute atomic E-state index is 12.0. The standard InChI is InChI=1S/C15H22N4O2S/c1-18(12-14-7-4-3-5-8-14)10-6-9-17-22(20,21)15-11-16-19(2)13-15/h3-5,7-8,11,13,17H,6,9-10,12H2,1-2H3. The van der Waals surface area contributed by atoms with E-state index >= 15 is 0 Å². The van der Waals surface area contributed by atoms with Crippen LogP contribution in [0.2, 0.25) is 0 Å². The number of hydrogen-bond donors (Lipinski definition) is 1. The van der Waals surface area contributed by atoms with Crippen LogP contribution in [0.1, 0.15) is 12.0 Å². The highest BCUT2D eigenvalue weighted by atomic mass is 32.2. The van der Waals surface area contributed by atoms with Gasteiger partial charge in [0.05, 0.1) is 6.20 Å². The Bertz CT molecular complexity index is 683. The summed E-state index contributed by atoms with van der Waals surface area (Å²) in [4.78, 5) is 2.38. The van der Waals surface area contributed by atoms with E-state index in [0.717, 1.165) is 19.5 Å². The van der Waals surface area contributed by atoms with Crippen molar-refractivity contribution in [3.63, 3.8) is 0 Å². The summed E-state index contributed by atoms with van der Waals surface area (Å²) in [5.74, 6) is 0. The van der Waals surface area contributed by atoms with Crippen LogP contribution in [0.25, 0.3) is 0 Å². The number of rotatable bonds is 8. The summed E-state index contributed by atoms with van der Waals surface area (Å²) in [5.41, 5.74) is 1.25. The van der Waals surface area contributed by atoms with Gasteiger partial charge < -0.3 is 4.90 Å². The van der Waals surface area contributed by atoms with E-state index in [-0.39, 0.29) is 4.90 Å². The maximum atomic E-state index is 12.0. The summed E-state index contributed by atoms with van der Waals surface area (Å²) in [6, 6.07) is 10.2. The van der Waals surface area contributed by atoms with Gasteiger partial charge in [0.1, 0.15) is 4.90 Å². The molecule has 0 amide bonds. The highest BCUT2D eigenvalue weighted by molar-refractivity contribution is 7.89. The van der Waals surface area contributed by atoms with Gasteiger partial charge in [0, 0.05) is 26.3 Å².